The zero-order chi connectivity index (χ0) is 11.0. The number of allylic oxidation sites excluding steroid dienone is 9. The fourth-order valence-corrected chi connectivity index (χ4v) is 0.913. The van der Waals surface area contributed by atoms with Crippen LogP contribution in [0, 0.1) is 0 Å². The quantitative estimate of drug-likeness (QED) is 0.673. The van der Waals surface area contributed by atoms with E-state index >= 15 is 0 Å². The fraction of sp³-hybridized carbons (Fsp3) is 0.231. The van der Waals surface area contributed by atoms with Crippen LogP contribution in [0.1, 0.15) is 20.8 Å². The predicted octanol–water partition coefficient (Wildman–Crippen LogP) is 3.48. The molecule has 0 aliphatic rings. The standard InChI is InChI=1S/C13H19N/c1-5-7-8-13(6-2)11(3)9-10-12(4)14/h5-10H,2,14H2,1,3-4H3/b7-5-,11-9+,12-10+,13-8+. The third kappa shape index (κ3) is 5.20. The van der Waals surface area contributed by atoms with Crippen LogP contribution in [-0.2, 0) is 0 Å². The molecule has 1 nitrogen and oxygen atoms in total. The van der Waals surface area contributed by atoms with E-state index in [9.17, 15) is 0 Å². The molecule has 76 valence electrons. The van der Waals surface area contributed by atoms with Crippen LogP contribution in [0.15, 0.2) is 59.9 Å². The van der Waals surface area contributed by atoms with Crippen molar-refractivity contribution >= 4 is 0 Å². The highest BCUT2D eigenvalue weighted by atomic mass is 14.5. The number of rotatable bonds is 4. The van der Waals surface area contributed by atoms with Crippen LogP contribution >= 0.6 is 0 Å². The average molecular weight is 189 g/mol. The first kappa shape index (κ1) is 12.5. The van der Waals surface area contributed by atoms with Gasteiger partial charge in [-0.15, -0.1) is 0 Å². The summed E-state index contributed by atoms with van der Waals surface area (Å²) in [5, 5.41) is 0. The summed E-state index contributed by atoms with van der Waals surface area (Å²) in [7, 11) is 0. The lowest BCUT2D eigenvalue weighted by Crippen LogP contribution is -1.88. The Labute approximate surface area is 87.0 Å². The Balaban J connectivity index is 4.79. The molecule has 0 aliphatic heterocycles. The highest BCUT2D eigenvalue weighted by Gasteiger charge is 1.91. The molecule has 0 spiro atoms. The first-order valence-corrected chi connectivity index (χ1v) is 4.68. The van der Waals surface area contributed by atoms with Gasteiger partial charge < -0.3 is 5.73 Å². The topological polar surface area (TPSA) is 26.0 Å². The van der Waals surface area contributed by atoms with Crippen LogP contribution in [0.2, 0.25) is 0 Å². The minimum absolute atomic E-state index is 0.804. The lowest BCUT2D eigenvalue weighted by molar-refractivity contribution is 1.31. The molecular weight excluding hydrogens is 170 g/mol. The van der Waals surface area contributed by atoms with E-state index in [1.165, 1.54) is 0 Å². The third-order valence-corrected chi connectivity index (χ3v) is 1.74. The molecule has 0 unspecified atom stereocenters. The second kappa shape index (κ2) is 6.96. The Hall–Kier alpha value is -1.50. The fourth-order valence-electron chi connectivity index (χ4n) is 0.913. The molecule has 0 fully saturated rings. The smallest absolute Gasteiger partial charge is 0.00489 e. The molecule has 0 heterocycles. The second-order valence-corrected chi connectivity index (χ2v) is 3.11. The lowest BCUT2D eigenvalue weighted by Gasteiger charge is -1.99. The van der Waals surface area contributed by atoms with Crippen molar-refractivity contribution in [1.29, 1.82) is 0 Å². The van der Waals surface area contributed by atoms with Crippen LogP contribution in [0.4, 0.5) is 0 Å². The van der Waals surface area contributed by atoms with E-state index in [4.69, 9.17) is 5.73 Å². The number of hydrogen-bond donors (Lipinski definition) is 1. The van der Waals surface area contributed by atoms with E-state index in [1.807, 2.05) is 57.2 Å². The molecule has 0 saturated heterocycles. The summed E-state index contributed by atoms with van der Waals surface area (Å²) >= 11 is 0. The molecular formula is C13H19N. The molecule has 0 aliphatic carbocycles. The lowest BCUT2D eigenvalue weighted by atomic mass is 10.1. The molecule has 0 atom stereocenters. The molecule has 1 heteroatoms. The van der Waals surface area contributed by atoms with Crippen molar-refractivity contribution in [2.24, 2.45) is 5.73 Å². The molecule has 0 aromatic heterocycles. The molecule has 0 bridgehead atoms. The molecule has 0 radical (unpaired) electrons. The van der Waals surface area contributed by atoms with Gasteiger partial charge in [-0.3, -0.25) is 0 Å². The van der Waals surface area contributed by atoms with Crippen LogP contribution in [0.5, 0.6) is 0 Å². The summed E-state index contributed by atoms with van der Waals surface area (Å²) < 4.78 is 0. The molecule has 0 rings (SSSR count). The van der Waals surface area contributed by atoms with Crippen LogP contribution in [-0.4, -0.2) is 0 Å². The van der Waals surface area contributed by atoms with Gasteiger partial charge in [0.1, 0.15) is 0 Å². The maximum atomic E-state index is 5.54. The Morgan fingerprint density at radius 2 is 1.79 bits per heavy atom. The van der Waals surface area contributed by atoms with Gasteiger partial charge in [-0.1, -0.05) is 37.0 Å². The van der Waals surface area contributed by atoms with Crippen LogP contribution < -0.4 is 5.73 Å². The van der Waals surface area contributed by atoms with Crippen molar-refractivity contribution < 1.29 is 0 Å². The van der Waals surface area contributed by atoms with Gasteiger partial charge >= 0.3 is 0 Å². The van der Waals surface area contributed by atoms with Gasteiger partial charge in [0.25, 0.3) is 0 Å². The average Bonchev–Trinajstić information content (AvgIpc) is 2.16. The van der Waals surface area contributed by atoms with Crippen molar-refractivity contribution in [3.05, 3.63) is 59.9 Å². The highest BCUT2D eigenvalue weighted by Crippen LogP contribution is 2.10. The van der Waals surface area contributed by atoms with E-state index in [0.29, 0.717) is 0 Å². The van der Waals surface area contributed by atoms with Crippen LogP contribution in [0.25, 0.3) is 0 Å². The number of nitrogens with two attached hydrogens (primary N) is 1. The molecule has 0 aromatic rings. The predicted molar refractivity (Wildman–Crippen MR) is 64.8 cm³/mol. The summed E-state index contributed by atoms with van der Waals surface area (Å²) in [4.78, 5) is 0. The van der Waals surface area contributed by atoms with Crippen LogP contribution in [0.3, 0.4) is 0 Å². The first-order valence-electron chi connectivity index (χ1n) is 4.68. The van der Waals surface area contributed by atoms with Crippen molar-refractivity contribution in [1.82, 2.24) is 0 Å². The minimum Gasteiger partial charge on any atom is -0.402 e. The Morgan fingerprint density at radius 1 is 1.14 bits per heavy atom. The van der Waals surface area contributed by atoms with Gasteiger partial charge in [0.05, 0.1) is 0 Å². The SMILES string of the molecule is C=CC(=C\C=C/C)/C(C)=C/C=C(\C)N. The summed E-state index contributed by atoms with van der Waals surface area (Å²) in [5.74, 6) is 0. The maximum Gasteiger partial charge on any atom is 0.00489 e. The summed E-state index contributed by atoms with van der Waals surface area (Å²) in [6, 6.07) is 0. The van der Waals surface area contributed by atoms with Crippen molar-refractivity contribution in [3.8, 4) is 0 Å². The van der Waals surface area contributed by atoms with Gasteiger partial charge in [-0.2, -0.15) is 0 Å². The number of hydrogen-bond acceptors (Lipinski definition) is 1. The van der Waals surface area contributed by atoms with E-state index < -0.39 is 0 Å². The Bertz CT molecular complexity index is 297. The first-order chi connectivity index (χ1) is 6.61. The van der Waals surface area contributed by atoms with E-state index in [-0.39, 0.29) is 0 Å². The zero-order valence-corrected chi connectivity index (χ0v) is 9.25. The van der Waals surface area contributed by atoms with E-state index in [1.54, 1.807) is 0 Å². The molecule has 2 N–H and O–H groups in total. The monoisotopic (exact) mass is 189 g/mol. The van der Waals surface area contributed by atoms with Gasteiger partial charge in [0.2, 0.25) is 0 Å². The van der Waals surface area contributed by atoms with Gasteiger partial charge in [0.15, 0.2) is 0 Å². The summed E-state index contributed by atoms with van der Waals surface area (Å²) in [6.45, 7) is 9.66. The van der Waals surface area contributed by atoms with Gasteiger partial charge in [0, 0.05) is 5.70 Å². The molecule has 0 amide bonds. The van der Waals surface area contributed by atoms with Crippen molar-refractivity contribution in [2.75, 3.05) is 0 Å². The highest BCUT2D eigenvalue weighted by molar-refractivity contribution is 5.41. The van der Waals surface area contributed by atoms with Crippen molar-refractivity contribution in [2.45, 2.75) is 20.8 Å². The maximum absolute atomic E-state index is 5.54. The van der Waals surface area contributed by atoms with E-state index in [0.717, 1.165) is 16.8 Å². The largest absolute Gasteiger partial charge is 0.402 e. The summed E-state index contributed by atoms with van der Waals surface area (Å²) in [5.41, 5.74) is 8.61. The van der Waals surface area contributed by atoms with Gasteiger partial charge in [-0.25, -0.2) is 0 Å². The Kier molecular flexibility index (Phi) is 6.21. The minimum atomic E-state index is 0.804. The Morgan fingerprint density at radius 3 is 2.21 bits per heavy atom. The summed E-state index contributed by atoms with van der Waals surface area (Å²) in [6.07, 6.45) is 11.7. The van der Waals surface area contributed by atoms with E-state index in [2.05, 4.69) is 6.58 Å². The molecule has 0 aromatic carbocycles. The third-order valence-electron chi connectivity index (χ3n) is 1.74. The molecule has 14 heavy (non-hydrogen) atoms. The molecule has 0 saturated carbocycles. The zero-order valence-electron chi connectivity index (χ0n) is 9.25. The van der Waals surface area contributed by atoms with Crippen molar-refractivity contribution in [3.63, 3.8) is 0 Å². The normalized spacial score (nSPS) is 14.9. The second-order valence-electron chi connectivity index (χ2n) is 3.11. The van der Waals surface area contributed by atoms with Gasteiger partial charge in [-0.05, 0) is 38.0 Å².